The van der Waals surface area contributed by atoms with E-state index in [9.17, 15) is 0 Å². The van der Waals surface area contributed by atoms with Crippen LogP contribution in [0.3, 0.4) is 0 Å². The largest absolute Gasteiger partial charge is 0.344 e. The molecule has 10 rings (SSSR count). The number of fused-ring (bicyclic) bond motifs is 3. The molecule has 0 unspecified atom stereocenters. The van der Waals surface area contributed by atoms with Crippen molar-refractivity contribution in [2.45, 2.75) is 187 Å². The molecule has 0 aliphatic carbocycles. The molecule has 0 N–H and O–H groups in total. The Morgan fingerprint density at radius 2 is 0.947 bits per heavy atom. The van der Waals surface area contributed by atoms with Crippen LogP contribution in [0.15, 0.2) is 159 Å². The monoisotopic (exact) mass is 1540 g/mol. The van der Waals surface area contributed by atoms with Crippen LogP contribution in [0.4, 0.5) is 0 Å². The van der Waals surface area contributed by atoms with E-state index < -0.39 is 0 Å². The molecule has 0 amide bonds. The Labute approximate surface area is 671 Å². The van der Waals surface area contributed by atoms with Crippen molar-refractivity contribution in [3.05, 3.63) is 292 Å². The summed E-state index contributed by atoms with van der Waals surface area (Å²) >= 11 is 0. The second-order valence-electron chi connectivity index (χ2n) is 21.7. The number of benzene rings is 7. The van der Waals surface area contributed by atoms with Crippen LogP contribution in [0.25, 0.3) is 55.6 Å². The van der Waals surface area contributed by atoms with Gasteiger partial charge >= 0.3 is 0 Å². The van der Waals surface area contributed by atoms with Crippen LogP contribution in [0.5, 0.6) is 0 Å². The molecule has 94 heavy (non-hydrogen) atoms. The normalized spacial score (nSPS) is 10.0. The van der Waals surface area contributed by atoms with Gasteiger partial charge in [-0.15, -0.1) is 34.7 Å². The predicted molar refractivity (Wildman–Crippen MR) is 392 cm³/mol. The molecule has 0 spiro atoms. The van der Waals surface area contributed by atoms with Crippen LogP contribution in [0.2, 0.25) is 0 Å². The van der Waals surface area contributed by atoms with Crippen LogP contribution < -0.4 is 0 Å². The molecule has 3 aromatic heterocycles. The Bertz CT molecular complexity index is 3620. The van der Waals surface area contributed by atoms with Gasteiger partial charge in [0, 0.05) is 184 Å². The number of aromatic nitrogens is 3. The summed E-state index contributed by atoms with van der Waals surface area (Å²) < 4.78 is 0. The van der Waals surface area contributed by atoms with E-state index >= 15 is 0 Å². The van der Waals surface area contributed by atoms with E-state index in [1.165, 1.54) is 105 Å². The maximum absolute atomic E-state index is 5.77. The van der Waals surface area contributed by atoms with Gasteiger partial charge in [0.2, 0.25) is 0 Å². The molecule has 0 bridgehead atoms. The van der Waals surface area contributed by atoms with Crippen molar-refractivity contribution in [3.63, 3.8) is 0 Å². The van der Waals surface area contributed by atoms with Gasteiger partial charge in [0.15, 0.2) is 0 Å². The number of nitrogens with zero attached hydrogens (tertiary/aromatic N) is 3. The summed E-state index contributed by atoms with van der Waals surface area (Å²) in [5.74, 6) is 0. The molecule has 7 aromatic carbocycles. The first-order chi connectivity index (χ1) is 43.9. The van der Waals surface area contributed by atoms with Crippen molar-refractivity contribution < 1.29 is 131 Å². The molecule has 3 heterocycles. The number of rotatable bonds is 18. The van der Waals surface area contributed by atoms with E-state index in [-0.39, 0.29) is 131 Å². The first-order valence-electron chi connectivity index (χ1n) is 33.3. The van der Waals surface area contributed by atoms with Gasteiger partial charge in [0.05, 0.1) is 0 Å². The van der Waals surface area contributed by atoms with Crippen molar-refractivity contribution in [1.82, 2.24) is 15.0 Å². The fourth-order valence-electron chi connectivity index (χ4n) is 10.6. The summed E-state index contributed by atoms with van der Waals surface area (Å²) in [7, 11) is 0. The fraction of sp³-hybridized carbons (Fsp3) is 0.322. The average Bonchev–Trinajstić information content (AvgIpc) is 0.846. The number of hydrogen-bond donors (Lipinski definition) is 0. The molecule has 0 aliphatic heterocycles. The summed E-state index contributed by atoms with van der Waals surface area (Å²) in [4.78, 5) is 12.6. The van der Waals surface area contributed by atoms with Crippen molar-refractivity contribution >= 4 is 55.6 Å². The molecule has 0 saturated heterocycles. The minimum atomic E-state index is 0. The Kier molecular flexibility index (Phi) is 50.1. The van der Waals surface area contributed by atoms with E-state index in [2.05, 4.69) is 221 Å². The molecule has 0 fully saturated rings. The van der Waals surface area contributed by atoms with Gasteiger partial charge in [0.1, 0.15) is 0 Å². The molecule has 0 atom stereocenters. The Hall–Kier alpha value is -3.85. The minimum Gasteiger partial charge on any atom is -0.344 e. The molecular formula is C87H101N3Y4-8. The Balaban J connectivity index is 0.00000107. The van der Waals surface area contributed by atoms with Crippen LogP contribution in [-0.4, -0.2) is 15.0 Å². The molecule has 7 heteroatoms. The van der Waals surface area contributed by atoms with E-state index in [1.807, 2.05) is 79.6 Å². The van der Waals surface area contributed by atoms with Crippen molar-refractivity contribution in [2.75, 3.05) is 0 Å². The molecule has 484 valence electrons. The van der Waals surface area contributed by atoms with Gasteiger partial charge in [0.25, 0.3) is 0 Å². The van der Waals surface area contributed by atoms with Crippen molar-refractivity contribution in [1.29, 1.82) is 0 Å². The Morgan fingerprint density at radius 3 is 1.48 bits per heavy atom. The maximum atomic E-state index is 5.77. The number of allylic oxidation sites excluding steroid dienone is 3. The predicted octanol–water partition coefficient (Wildman–Crippen LogP) is 23.0. The zero-order chi connectivity index (χ0) is 65.6. The van der Waals surface area contributed by atoms with Gasteiger partial charge in [-0.25, -0.2) is 48.0 Å². The SMILES string of the molecule is CC[C-]=C(CC)c1[c-]cccc1.CCc1cc2ccncc2cc1CC.CCc1ccc(CC)c2cnccc12.CCc1cncc2c(CC)cccc12.[CH-]=C(CC)c1[c-]cc(CC)cc1.[CH-]=Cc1[c-]cc(CC)c(CC)c1.[CH-]=Cc1[c-]cc(CC)cc1CC.[Y].[Y].[Y].[Y]. The first-order valence-corrected chi connectivity index (χ1v) is 33.3. The van der Waals surface area contributed by atoms with Crippen LogP contribution in [-0.2, 0) is 201 Å². The van der Waals surface area contributed by atoms with E-state index in [1.54, 1.807) is 12.2 Å². The van der Waals surface area contributed by atoms with Gasteiger partial charge in [-0.3, -0.25) is 20.5 Å². The third kappa shape index (κ3) is 28.9. The zero-order valence-electron chi connectivity index (χ0n) is 59.4. The van der Waals surface area contributed by atoms with Gasteiger partial charge in [-0.1, -0.05) is 172 Å². The molecule has 0 aliphatic rings. The quantitative estimate of drug-likeness (QED) is 0.0804. The molecule has 0 saturated carbocycles. The average molecular weight is 1540 g/mol. The molecular weight excluding hydrogens is 1440 g/mol. The topological polar surface area (TPSA) is 38.7 Å². The number of pyridine rings is 3. The maximum Gasteiger partial charge on any atom is 0.0349 e. The third-order valence-electron chi connectivity index (χ3n) is 16.2. The molecule has 4 radical (unpaired) electrons. The van der Waals surface area contributed by atoms with E-state index in [4.69, 9.17) is 19.7 Å². The summed E-state index contributed by atoms with van der Waals surface area (Å²) in [6.07, 6.45) is 32.9. The van der Waals surface area contributed by atoms with Crippen LogP contribution >= 0.6 is 0 Å². The van der Waals surface area contributed by atoms with E-state index in [0.29, 0.717) is 0 Å². The fourth-order valence-corrected chi connectivity index (χ4v) is 10.6. The third-order valence-corrected chi connectivity index (χ3v) is 16.2. The summed E-state index contributed by atoms with van der Waals surface area (Å²) in [6, 6.07) is 55.0. The molecule has 10 aromatic rings. The Morgan fingerprint density at radius 1 is 0.394 bits per heavy atom. The molecule has 3 nitrogen and oxygen atoms in total. The second kappa shape index (κ2) is 52.2. The first kappa shape index (κ1) is 90.1. The second-order valence-corrected chi connectivity index (χ2v) is 21.7. The van der Waals surface area contributed by atoms with Crippen LogP contribution in [0.1, 0.15) is 200 Å². The summed E-state index contributed by atoms with van der Waals surface area (Å²) in [6.45, 7) is 46.9. The summed E-state index contributed by atoms with van der Waals surface area (Å²) in [5.41, 5.74) is 21.6. The van der Waals surface area contributed by atoms with Gasteiger partial charge in [-0.2, -0.15) is 42.5 Å². The van der Waals surface area contributed by atoms with E-state index in [0.717, 1.165) is 112 Å². The van der Waals surface area contributed by atoms with Crippen molar-refractivity contribution in [2.24, 2.45) is 0 Å². The zero-order valence-corrected chi connectivity index (χ0v) is 70.8. The summed E-state index contributed by atoms with van der Waals surface area (Å²) in [5, 5.41) is 7.91. The van der Waals surface area contributed by atoms with Crippen molar-refractivity contribution in [3.8, 4) is 0 Å². The minimum absolute atomic E-state index is 0. The van der Waals surface area contributed by atoms with Gasteiger partial charge in [-0.05, 0) is 113 Å². The number of aryl methyl sites for hydroxylation is 11. The van der Waals surface area contributed by atoms with Gasteiger partial charge < -0.3 is 65.8 Å². The standard InChI is InChI=1S/3C13H15N.4C12H14.4Y/c1-3-10-7-12-5-6-14-9-13(12)8-11(10)4-2;1-3-10-5-6-11(4-2)13-9-14-8-7-12(10)13;1-3-10-6-5-7-12-11(4-2)8-14-9-13(10)12;1-4-10(3)12-8-6-11(5-2)7-9-12;2*1-4-10-7-8-11(5-2)12(6-3)9-10;1-3-8-11(4-2)12-9-6-5-7-10-12;;;;/h3*5-9H,3-4H2,1-2H3;3,6-8H,4-5H2,1-2H3;2,5,7,9H,4,6H2,1,3H3;1,4,8-9H,5-6H2,2-3H3;5-7,9H,3-4H2,1-2H3;;;;/q;;;4*-2;;;;. The van der Waals surface area contributed by atoms with Crippen LogP contribution in [0, 0.1) is 50.1 Å². The smallest absolute Gasteiger partial charge is 0.0349 e. The number of hydrogen-bond acceptors (Lipinski definition) is 3.